The molecule has 0 fully saturated rings. The Bertz CT molecular complexity index is 1130. The lowest BCUT2D eigenvalue weighted by atomic mass is 10.2. The maximum Gasteiger partial charge on any atom is 0.261 e. The molecule has 0 unspecified atom stereocenters. The van der Waals surface area contributed by atoms with E-state index < -0.39 is 0 Å². The number of aromatic nitrogens is 3. The zero-order chi connectivity index (χ0) is 20.4. The molecule has 7 nitrogen and oxygen atoms in total. The average molecular weight is 407 g/mol. The van der Waals surface area contributed by atoms with Crippen LogP contribution < -0.4 is 15.0 Å². The monoisotopic (exact) mass is 407 g/mol. The zero-order valence-corrected chi connectivity index (χ0v) is 17.2. The van der Waals surface area contributed by atoms with Crippen molar-refractivity contribution in [3.63, 3.8) is 0 Å². The lowest BCUT2D eigenvalue weighted by Crippen LogP contribution is -2.21. The number of anilines is 1. The molecule has 1 amide bonds. The largest absolute Gasteiger partial charge is 0.497 e. The highest BCUT2D eigenvalue weighted by Gasteiger charge is 2.19. The SMILES string of the molecule is COc1ccc(-n2c(N(C)C)nc3cc(C(=O)NCc4ccncc4)sc32)cc1. The summed E-state index contributed by atoms with van der Waals surface area (Å²) >= 11 is 1.43. The molecule has 0 saturated heterocycles. The minimum Gasteiger partial charge on any atom is -0.497 e. The highest BCUT2D eigenvalue weighted by molar-refractivity contribution is 7.20. The van der Waals surface area contributed by atoms with Gasteiger partial charge in [0.05, 0.1) is 17.7 Å². The second kappa shape index (κ2) is 7.92. The van der Waals surface area contributed by atoms with Crippen molar-refractivity contribution >= 4 is 33.5 Å². The van der Waals surface area contributed by atoms with Gasteiger partial charge in [0.1, 0.15) is 16.1 Å². The Morgan fingerprint density at radius 3 is 2.55 bits per heavy atom. The molecule has 3 aromatic heterocycles. The van der Waals surface area contributed by atoms with Crippen LogP contribution in [0, 0.1) is 0 Å². The van der Waals surface area contributed by atoms with E-state index in [2.05, 4.69) is 14.9 Å². The molecule has 0 spiro atoms. The third-order valence-electron chi connectivity index (χ3n) is 4.47. The van der Waals surface area contributed by atoms with Crippen molar-refractivity contribution < 1.29 is 9.53 Å². The van der Waals surface area contributed by atoms with Crippen LogP contribution in [0.4, 0.5) is 5.95 Å². The number of imidazole rings is 1. The topological polar surface area (TPSA) is 72.3 Å². The first-order valence-electron chi connectivity index (χ1n) is 9.08. The number of carbonyl (C=O) groups is 1. The number of methoxy groups -OCH3 is 1. The molecule has 0 radical (unpaired) electrons. The van der Waals surface area contributed by atoms with Crippen LogP contribution in [0.15, 0.2) is 54.9 Å². The number of ether oxygens (including phenoxy) is 1. The quantitative estimate of drug-likeness (QED) is 0.530. The summed E-state index contributed by atoms with van der Waals surface area (Å²) in [6, 6.07) is 13.4. The summed E-state index contributed by atoms with van der Waals surface area (Å²) in [5, 5.41) is 2.96. The van der Waals surface area contributed by atoms with E-state index in [9.17, 15) is 4.79 Å². The Labute approximate surface area is 172 Å². The van der Waals surface area contributed by atoms with Crippen molar-refractivity contribution in [2.75, 3.05) is 26.1 Å². The number of pyridine rings is 1. The van der Waals surface area contributed by atoms with Crippen molar-refractivity contribution in [1.82, 2.24) is 19.9 Å². The standard InChI is InChI=1S/C21H21N5O2S/c1-25(2)21-24-17-12-18(19(27)23-13-14-8-10-22-11-9-14)29-20(17)26(21)15-4-6-16(28-3)7-5-15/h4-12H,13H2,1-3H3,(H,23,27). The fraction of sp³-hybridized carbons (Fsp3) is 0.190. The fourth-order valence-corrected chi connectivity index (χ4v) is 4.04. The molecule has 0 saturated carbocycles. The van der Waals surface area contributed by atoms with E-state index in [-0.39, 0.29) is 5.91 Å². The molecule has 29 heavy (non-hydrogen) atoms. The van der Waals surface area contributed by atoms with Gasteiger partial charge in [0.25, 0.3) is 5.91 Å². The van der Waals surface area contributed by atoms with E-state index in [0.717, 1.165) is 33.3 Å². The maximum absolute atomic E-state index is 12.7. The Kier molecular flexibility index (Phi) is 5.18. The summed E-state index contributed by atoms with van der Waals surface area (Å²) in [5.41, 5.74) is 2.76. The van der Waals surface area contributed by atoms with Crippen molar-refractivity contribution in [3.8, 4) is 11.4 Å². The van der Waals surface area contributed by atoms with Crippen molar-refractivity contribution in [2.24, 2.45) is 0 Å². The van der Waals surface area contributed by atoms with Gasteiger partial charge in [0.15, 0.2) is 0 Å². The van der Waals surface area contributed by atoms with Crippen molar-refractivity contribution in [3.05, 3.63) is 65.3 Å². The smallest absolute Gasteiger partial charge is 0.261 e. The number of thiophene rings is 1. The number of amides is 1. The van der Waals surface area contributed by atoms with Crippen molar-refractivity contribution in [1.29, 1.82) is 0 Å². The van der Waals surface area contributed by atoms with Crippen LogP contribution in [0.25, 0.3) is 16.0 Å². The van der Waals surface area contributed by atoms with E-state index >= 15 is 0 Å². The molecule has 0 atom stereocenters. The average Bonchev–Trinajstić information content (AvgIpc) is 3.31. The highest BCUT2D eigenvalue weighted by Crippen LogP contribution is 2.33. The van der Waals surface area contributed by atoms with E-state index in [1.54, 1.807) is 19.5 Å². The van der Waals surface area contributed by atoms with Gasteiger partial charge in [0.2, 0.25) is 5.95 Å². The van der Waals surface area contributed by atoms with Gasteiger partial charge in [-0.3, -0.25) is 14.3 Å². The van der Waals surface area contributed by atoms with Crippen LogP contribution >= 0.6 is 11.3 Å². The third-order valence-corrected chi connectivity index (χ3v) is 5.58. The Morgan fingerprint density at radius 1 is 1.17 bits per heavy atom. The van der Waals surface area contributed by atoms with Gasteiger partial charge in [-0.2, -0.15) is 0 Å². The lowest BCUT2D eigenvalue weighted by Gasteiger charge is -2.15. The molecule has 1 aromatic carbocycles. The first-order chi connectivity index (χ1) is 14.1. The maximum atomic E-state index is 12.7. The molecule has 0 bridgehead atoms. The molecular weight excluding hydrogens is 386 g/mol. The van der Waals surface area contributed by atoms with Crippen LogP contribution in [-0.2, 0) is 6.54 Å². The third kappa shape index (κ3) is 3.79. The molecule has 0 aliphatic heterocycles. The molecule has 0 aliphatic carbocycles. The second-order valence-electron chi connectivity index (χ2n) is 6.68. The van der Waals surface area contributed by atoms with E-state index in [4.69, 9.17) is 9.72 Å². The number of benzene rings is 1. The summed E-state index contributed by atoms with van der Waals surface area (Å²) in [4.78, 5) is 24.9. The second-order valence-corrected chi connectivity index (χ2v) is 7.71. The summed E-state index contributed by atoms with van der Waals surface area (Å²) < 4.78 is 7.32. The minimum absolute atomic E-state index is 0.113. The number of hydrogen-bond acceptors (Lipinski definition) is 6. The summed E-state index contributed by atoms with van der Waals surface area (Å²) in [7, 11) is 5.55. The predicted octanol–water partition coefficient (Wildman–Crippen LogP) is 3.49. The van der Waals surface area contributed by atoms with Gasteiger partial charge in [-0.1, -0.05) is 0 Å². The Morgan fingerprint density at radius 2 is 1.90 bits per heavy atom. The van der Waals surface area contributed by atoms with Crippen LogP contribution in [0.2, 0.25) is 0 Å². The number of nitrogens with zero attached hydrogens (tertiary/aromatic N) is 4. The van der Waals surface area contributed by atoms with E-state index in [1.165, 1.54) is 11.3 Å². The number of rotatable bonds is 6. The molecular formula is C21H21N5O2S. The van der Waals surface area contributed by atoms with Crippen LogP contribution in [0.3, 0.4) is 0 Å². The first-order valence-corrected chi connectivity index (χ1v) is 9.89. The summed E-state index contributed by atoms with van der Waals surface area (Å²) in [5.74, 6) is 1.48. The van der Waals surface area contributed by atoms with Gasteiger partial charge >= 0.3 is 0 Å². The normalized spacial score (nSPS) is 10.9. The predicted molar refractivity (Wildman–Crippen MR) is 115 cm³/mol. The Hall–Kier alpha value is -3.39. The van der Waals surface area contributed by atoms with Gasteiger partial charge in [-0.05, 0) is 48.0 Å². The van der Waals surface area contributed by atoms with Crippen LogP contribution in [-0.4, -0.2) is 41.6 Å². The highest BCUT2D eigenvalue weighted by atomic mass is 32.1. The molecule has 148 valence electrons. The fourth-order valence-electron chi connectivity index (χ4n) is 3.01. The summed E-state index contributed by atoms with van der Waals surface area (Å²) in [6.07, 6.45) is 3.43. The Balaban J connectivity index is 1.66. The van der Waals surface area contributed by atoms with Crippen molar-refractivity contribution in [2.45, 2.75) is 6.54 Å². The first kappa shape index (κ1) is 18.9. The van der Waals surface area contributed by atoms with Gasteiger partial charge in [-0.25, -0.2) is 4.98 Å². The number of carbonyl (C=O) groups excluding carboxylic acids is 1. The van der Waals surface area contributed by atoms with E-state index in [1.807, 2.05) is 61.5 Å². The molecule has 1 N–H and O–H groups in total. The minimum atomic E-state index is -0.113. The molecule has 0 aliphatic rings. The van der Waals surface area contributed by atoms with Gasteiger partial charge in [-0.15, -0.1) is 11.3 Å². The van der Waals surface area contributed by atoms with Crippen LogP contribution in [0.5, 0.6) is 5.75 Å². The molecule has 4 rings (SSSR count). The number of nitrogens with one attached hydrogen (secondary N) is 1. The molecule has 4 aromatic rings. The zero-order valence-electron chi connectivity index (χ0n) is 16.4. The molecule has 8 heteroatoms. The van der Waals surface area contributed by atoms with Gasteiger partial charge < -0.3 is 15.0 Å². The molecule has 3 heterocycles. The number of hydrogen-bond donors (Lipinski definition) is 1. The number of fused-ring (bicyclic) bond motifs is 1. The van der Waals surface area contributed by atoms with Gasteiger partial charge in [0, 0.05) is 33.0 Å². The van der Waals surface area contributed by atoms with E-state index in [0.29, 0.717) is 11.4 Å². The van der Waals surface area contributed by atoms with Crippen LogP contribution in [0.1, 0.15) is 15.2 Å². The lowest BCUT2D eigenvalue weighted by molar-refractivity contribution is 0.0955. The summed E-state index contributed by atoms with van der Waals surface area (Å²) in [6.45, 7) is 0.457.